The maximum atomic E-state index is 12.5. The SMILES string of the molecule is Cc1ccc(C(=O)N2CC3(C[C@H](OCc4csc(C)n4)CCO3)C2)nc1. The van der Waals surface area contributed by atoms with Crippen molar-refractivity contribution in [1.29, 1.82) is 0 Å². The van der Waals surface area contributed by atoms with Crippen molar-refractivity contribution in [3.05, 3.63) is 45.7 Å². The molecule has 0 radical (unpaired) electrons. The maximum Gasteiger partial charge on any atom is 0.272 e. The van der Waals surface area contributed by atoms with Crippen molar-refractivity contribution in [3.63, 3.8) is 0 Å². The lowest BCUT2D eigenvalue weighted by atomic mass is 9.84. The molecule has 138 valence electrons. The molecule has 0 N–H and O–H groups in total. The molecule has 1 amide bonds. The van der Waals surface area contributed by atoms with E-state index in [0.717, 1.165) is 29.1 Å². The van der Waals surface area contributed by atoms with Crippen LogP contribution in [0.1, 0.15) is 39.6 Å². The minimum atomic E-state index is -0.263. The van der Waals surface area contributed by atoms with Gasteiger partial charge >= 0.3 is 0 Å². The molecule has 1 atom stereocenters. The van der Waals surface area contributed by atoms with Gasteiger partial charge in [0.2, 0.25) is 0 Å². The Morgan fingerprint density at radius 2 is 2.27 bits per heavy atom. The van der Waals surface area contributed by atoms with E-state index < -0.39 is 0 Å². The predicted molar refractivity (Wildman–Crippen MR) is 98.2 cm³/mol. The van der Waals surface area contributed by atoms with Gasteiger partial charge in [0.05, 0.1) is 36.5 Å². The van der Waals surface area contributed by atoms with Gasteiger partial charge in [-0.3, -0.25) is 9.78 Å². The number of likely N-dealkylation sites (tertiary alicyclic amines) is 1. The molecule has 7 heteroatoms. The number of aromatic nitrogens is 2. The van der Waals surface area contributed by atoms with Crippen molar-refractivity contribution in [3.8, 4) is 0 Å². The molecule has 0 unspecified atom stereocenters. The molecule has 1 spiro atoms. The third kappa shape index (κ3) is 3.65. The van der Waals surface area contributed by atoms with Crippen LogP contribution in [0.4, 0.5) is 0 Å². The van der Waals surface area contributed by atoms with E-state index in [1.54, 1.807) is 23.6 Å². The van der Waals surface area contributed by atoms with Crippen LogP contribution in [0.3, 0.4) is 0 Å². The lowest BCUT2D eigenvalue weighted by Gasteiger charge is -2.52. The van der Waals surface area contributed by atoms with Crippen molar-refractivity contribution in [2.45, 2.75) is 45.0 Å². The van der Waals surface area contributed by atoms with Crippen LogP contribution in [-0.4, -0.2) is 52.2 Å². The van der Waals surface area contributed by atoms with Gasteiger partial charge in [-0.2, -0.15) is 0 Å². The summed E-state index contributed by atoms with van der Waals surface area (Å²) in [5.41, 5.74) is 2.27. The Balaban J connectivity index is 1.31. The number of nitrogens with zero attached hydrogens (tertiary/aromatic N) is 3. The Kier molecular flexibility index (Phi) is 4.77. The summed E-state index contributed by atoms with van der Waals surface area (Å²) in [6, 6.07) is 3.70. The van der Waals surface area contributed by atoms with E-state index in [1.807, 2.05) is 30.2 Å². The van der Waals surface area contributed by atoms with Gasteiger partial charge < -0.3 is 14.4 Å². The minimum absolute atomic E-state index is 0.0276. The summed E-state index contributed by atoms with van der Waals surface area (Å²) in [6.07, 6.45) is 3.59. The Morgan fingerprint density at radius 1 is 1.42 bits per heavy atom. The van der Waals surface area contributed by atoms with Crippen molar-refractivity contribution >= 4 is 17.2 Å². The molecule has 26 heavy (non-hydrogen) atoms. The highest BCUT2D eigenvalue weighted by Gasteiger charge is 2.49. The Bertz CT molecular complexity index is 784. The lowest BCUT2D eigenvalue weighted by molar-refractivity contribution is -0.188. The molecule has 4 rings (SSSR count). The number of hydrogen-bond donors (Lipinski definition) is 0. The second kappa shape index (κ2) is 7.06. The fourth-order valence-electron chi connectivity index (χ4n) is 3.57. The average Bonchev–Trinajstić information content (AvgIpc) is 3.03. The van der Waals surface area contributed by atoms with E-state index >= 15 is 0 Å². The quantitative estimate of drug-likeness (QED) is 0.825. The summed E-state index contributed by atoms with van der Waals surface area (Å²) in [7, 11) is 0. The smallest absolute Gasteiger partial charge is 0.272 e. The van der Waals surface area contributed by atoms with Crippen molar-refractivity contribution in [2.24, 2.45) is 0 Å². The van der Waals surface area contributed by atoms with Gasteiger partial charge in [-0.1, -0.05) is 6.07 Å². The molecule has 0 aliphatic carbocycles. The summed E-state index contributed by atoms with van der Waals surface area (Å²) in [4.78, 5) is 23.0. The standard InChI is InChI=1S/C19H23N3O3S/c1-13-3-4-17(20-8-13)18(23)22-11-19(12-22)7-16(5-6-25-19)24-9-15-10-26-14(2)21-15/h3-4,8,10,16H,5-7,9,11-12H2,1-2H3/t16-/m1/s1. The molecule has 4 heterocycles. The zero-order valence-electron chi connectivity index (χ0n) is 15.1. The van der Waals surface area contributed by atoms with Gasteiger partial charge in [-0.05, 0) is 31.9 Å². The number of carbonyl (C=O) groups is 1. The fraction of sp³-hybridized carbons (Fsp3) is 0.526. The molecular weight excluding hydrogens is 350 g/mol. The molecule has 2 aliphatic heterocycles. The lowest BCUT2D eigenvalue weighted by Crippen LogP contribution is -2.67. The van der Waals surface area contributed by atoms with E-state index in [0.29, 0.717) is 32.0 Å². The summed E-state index contributed by atoms with van der Waals surface area (Å²) >= 11 is 1.64. The highest BCUT2D eigenvalue weighted by Crippen LogP contribution is 2.36. The predicted octanol–water partition coefficient (Wildman–Crippen LogP) is 2.75. The van der Waals surface area contributed by atoms with Gasteiger partial charge in [0.1, 0.15) is 11.3 Å². The molecule has 0 aromatic carbocycles. The van der Waals surface area contributed by atoms with Crippen molar-refractivity contribution in [1.82, 2.24) is 14.9 Å². The van der Waals surface area contributed by atoms with Crippen LogP contribution in [0.25, 0.3) is 0 Å². The molecule has 2 aromatic rings. The van der Waals surface area contributed by atoms with E-state index in [9.17, 15) is 4.79 Å². The van der Waals surface area contributed by atoms with Crippen LogP contribution in [0.15, 0.2) is 23.7 Å². The van der Waals surface area contributed by atoms with Crippen LogP contribution in [-0.2, 0) is 16.1 Å². The number of carbonyl (C=O) groups excluding carboxylic acids is 1. The van der Waals surface area contributed by atoms with Crippen LogP contribution in [0, 0.1) is 13.8 Å². The number of amides is 1. The van der Waals surface area contributed by atoms with E-state index in [2.05, 4.69) is 9.97 Å². The first-order valence-electron chi connectivity index (χ1n) is 8.91. The molecule has 6 nitrogen and oxygen atoms in total. The monoisotopic (exact) mass is 373 g/mol. The van der Waals surface area contributed by atoms with Gasteiger partial charge in [0.25, 0.3) is 5.91 Å². The number of thiazole rings is 1. The second-order valence-corrected chi connectivity index (χ2v) is 8.26. The minimum Gasteiger partial charge on any atom is -0.372 e. The van der Waals surface area contributed by atoms with Crippen molar-refractivity contribution < 1.29 is 14.3 Å². The number of hydrogen-bond acceptors (Lipinski definition) is 6. The van der Waals surface area contributed by atoms with E-state index in [4.69, 9.17) is 9.47 Å². The third-order valence-electron chi connectivity index (χ3n) is 4.96. The number of ether oxygens (including phenoxy) is 2. The molecule has 2 aromatic heterocycles. The van der Waals surface area contributed by atoms with Gasteiger partial charge in [-0.25, -0.2) is 4.98 Å². The van der Waals surface area contributed by atoms with Crippen LogP contribution >= 0.6 is 11.3 Å². The van der Waals surface area contributed by atoms with Crippen LogP contribution < -0.4 is 0 Å². The molecule has 2 fully saturated rings. The Hall–Kier alpha value is -1.83. The first-order chi connectivity index (χ1) is 12.5. The fourth-order valence-corrected chi connectivity index (χ4v) is 4.17. The Labute approximate surface area is 157 Å². The zero-order chi connectivity index (χ0) is 18.1. The van der Waals surface area contributed by atoms with Gasteiger partial charge in [-0.15, -0.1) is 11.3 Å². The molecule has 2 aliphatic rings. The molecule has 0 saturated carbocycles. The average molecular weight is 373 g/mol. The molecular formula is C19H23N3O3S. The molecule has 0 bridgehead atoms. The van der Waals surface area contributed by atoms with Crippen LogP contribution in [0.5, 0.6) is 0 Å². The number of aryl methyl sites for hydroxylation is 2. The zero-order valence-corrected chi connectivity index (χ0v) is 15.9. The second-order valence-electron chi connectivity index (χ2n) is 7.20. The highest BCUT2D eigenvalue weighted by atomic mass is 32.1. The van der Waals surface area contributed by atoms with Crippen LogP contribution in [0.2, 0.25) is 0 Å². The third-order valence-corrected chi connectivity index (χ3v) is 5.78. The summed E-state index contributed by atoms with van der Waals surface area (Å²) in [6.45, 7) is 6.39. The first-order valence-corrected chi connectivity index (χ1v) is 9.79. The van der Waals surface area contributed by atoms with E-state index in [1.165, 1.54) is 0 Å². The Morgan fingerprint density at radius 3 is 2.96 bits per heavy atom. The molecule has 2 saturated heterocycles. The summed E-state index contributed by atoms with van der Waals surface area (Å²) in [5, 5.41) is 3.10. The number of pyridine rings is 1. The first kappa shape index (κ1) is 17.6. The summed E-state index contributed by atoms with van der Waals surface area (Å²) in [5.74, 6) is -0.0276. The van der Waals surface area contributed by atoms with Crippen molar-refractivity contribution in [2.75, 3.05) is 19.7 Å². The normalized spacial score (nSPS) is 21.6. The summed E-state index contributed by atoms with van der Waals surface area (Å²) < 4.78 is 12.1. The highest BCUT2D eigenvalue weighted by molar-refractivity contribution is 7.09. The topological polar surface area (TPSA) is 64.6 Å². The van der Waals surface area contributed by atoms with Gasteiger partial charge in [0.15, 0.2) is 0 Å². The van der Waals surface area contributed by atoms with Gasteiger partial charge in [0, 0.05) is 24.6 Å². The van der Waals surface area contributed by atoms with E-state index in [-0.39, 0.29) is 17.6 Å². The maximum absolute atomic E-state index is 12.5. The largest absolute Gasteiger partial charge is 0.372 e. The number of rotatable bonds is 4.